The van der Waals surface area contributed by atoms with E-state index in [0.29, 0.717) is 15.9 Å². The van der Waals surface area contributed by atoms with Gasteiger partial charge in [-0.05, 0) is 64.0 Å². The number of hydrogen-bond donors (Lipinski definition) is 1. The summed E-state index contributed by atoms with van der Waals surface area (Å²) in [6.45, 7) is -0.837. The smallest absolute Gasteiger partial charge is 0.377 e. The van der Waals surface area contributed by atoms with Crippen LogP contribution < -0.4 is 14.6 Å². The zero-order chi connectivity index (χ0) is 27.4. The fourth-order valence-corrected chi connectivity index (χ4v) is 5.64. The van der Waals surface area contributed by atoms with Crippen molar-refractivity contribution in [3.8, 4) is 0 Å². The van der Waals surface area contributed by atoms with Gasteiger partial charge in [0.25, 0.3) is 15.9 Å². The molecule has 196 valence electrons. The second-order valence-corrected chi connectivity index (χ2v) is 11.0. The van der Waals surface area contributed by atoms with Crippen molar-refractivity contribution in [1.29, 1.82) is 0 Å². The summed E-state index contributed by atoms with van der Waals surface area (Å²) < 4.78 is 68.3. The van der Waals surface area contributed by atoms with Crippen LogP contribution in [0.5, 0.6) is 0 Å². The molecule has 3 aromatic rings. The zero-order valence-corrected chi connectivity index (χ0v) is 22.7. The monoisotopic (exact) mass is 616 g/mol. The molecule has 0 aliphatic heterocycles. The third-order valence-electron chi connectivity index (χ3n) is 5.02. The van der Waals surface area contributed by atoms with Crippen molar-refractivity contribution in [2.45, 2.75) is 11.1 Å². The van der Waals surface area contributed by atoms with E-state index < -0.39 is 39.2 Å². The average molecular weight is 618 g/mol. The Labute approximate surface area is 225 Å². The molecule has 13 heteroatoms. The van der Waals surface area contributed by atoms with Crippen molar-refractivity contribution >= 4 is 61.1 Å². The first-order chi connectivity index (χ1) is 17.3. The highest BCUT2D eigenvalue weighted by Crippen LogP contribution is 2.38. The van der Waals surface area contributed by atoms with Crippen molar-refractivity contribution in [1.82, 2.24) is 5.43 Å². The third kappa shape index (κ3) is 7.02. The van der Waals surface area contributed by atoms with Gasteiger partial charge in [0.1, 0.15) is 6.54 Å². The Balaban J connectivity index is 1.90. The summed E-state index contributed by atoms with van der Waals surface area (Å²) in [5.74, 6) is -0.872. The molecule has 7 nitrogen and oxygen atoms in total. The molecule has 0 saturated heterocycles. The normalized spacial score (nSPS) is 12.0. The summed E-state index contributed by atoms with van der Waals surface area (Å²) in [7, 11) is -0.667. The Bertz CT molecular complexity index is 1420. The Morgan fingerprint density at radius 1 is 1.08 bits per heavy atom. The van der Waals surface area contributed by atoms with Crippen LogP contribution in [0.1, 0.15) is 11.1 Å². The Morgan fingerprint density at radius 3 is 2.35 bits per heavy atom. The fraction of sp³-hybridized carbons (Fsp3) is 0.167. The van der Waals surface area contributed by atoms with Crippen molar-refractivity contribution in [2.75, 3.05) is 29.8 Å². The molecule has 3 rings (SSSR count). The van der Waals surface area contributed by atoms with Crippen LogP contribution in [-0.4, -0.2) is 41.2 Å². The summed E-state index contributed by atoms with van der Waals surface area (Å²) in [6.07, 6.45) is -3.49. The average Bonchev–Trinajstić information content (AvgIpc) is 2.82. The first-order valence-electron chi connectivity index (χ1n) is 10.5. The summed E-state index contributed by atoms with van der Waals surface area (Å²) >= 11 is 9.14. The van der Waals surface area contributed by atoms with E-state index in [-0.39, 0.29) is 10.6 Å². The molecule has 1 amide bonds. The molecule has 3 aromatic carbocycles. The lowest BCUT2D eigenvalue weighted by atomic mass is 10.2. The van der Waals surface area contributed by atoms with E-state index in [4.69, 9.17) is 11.6 Å². The van der Waals surface area contributed by atoms with Crippen molar-refractivity contribution in [3.63, 3.8) is 0 Å². The van der Waals surface area contributed by atoms with E-state index in [9.17, 15) is 26.4 Å². The number of benzene rings is 3. The molecule has 0 radical (unpaired) electrons. The molecular formula is C24H21BrClF3N4O3S. The van der Waals surface area contributed by atoms with Gasteiger partial charge in [-0.15, -0.1) is 0 Å². The van der Waals surface area contributed by atoms with Gasteiger partial charge in [0.2, 0.25) is 0 Å². The van der Waals surface area contributed by atoms with E-state index in [1.54, 1.807) is 18.2 Å². The lowest BCUT2D eigenvalue weighted by Crippen LogP contribution is -2.39. The molecule has 0 saturated carbocycles. The number of hydrazone groups is 1. The van der Waals surface area contributed by atoms with Gasteiger partial charge in [0, 0.05) is 18.6 Å². The van der Waals surface area contributed by atoms with E-state index in [1.807, 2.05) is 25.1 Å². The molecule has 0 spiro atoms. The Kier molecular flexibility index (Phi) is 8.88. The summed E-state index contributed by atoms with van der Waals surface area (Å²) in [4.78, 5) is 14.3. The van der Waals surface area contributed by atoms with Crippen LogP contribution in [0.15, 0.2) is 81.2 Å². The maximum Gasteiger partial charge on any atom is 0.417 e. The van der Waals surface area contributed by atoms with Gasteiger partial charge in [-0.3, -0.25) is 9.10 Å². The SMILES string of the molecule is CN(C)c1ccc(/C=N\NC(=O)CN(c2ccc(Cl)c(C(F)(F)F)c2)S(=O)(=O)c2ccccc2)cc1Br. The lowest BCUT2D eigenvalue weighted by Gasteiger charge is -2.24. The number of nitrogens with one attached hydrogen (secondary N) is 1. The predicted octanol–water partition coefficient (Wildman–Crippen LogP) is 5.53. The van der Waals surface area contributed by atoms with Crippen LogP contribution in [0, 0.1) is 0 Å². The minimum Gasteiger partial charge on any atom is -0.377 e. The number of alkyl halides is 3. The van der Waals surface area contributed by atoms with Crippen LogP contribution in [0.4, 0.5) is 24.5 Å². The van der Waals surface area contributed by atoms with Crippen LogP contribution in [0.25, 0.3) is 0 Å². The maximum atomic E-state index is 13.4. The Hall–Kier alpha value is -3.09. The molecule has 0 heterocycles. The quantitative estimate of drug-likeness (QED) is 0.266. The summed E-state index contributed by atoms with van der Waals surface area (Å²) in [5.41, 5.74) is 2.16. The largest absolute Gasteiger partial charge is 0.417 e. The standard InChI is InChI=1S/C24H21BrClF3N4O3S/c1-32(2)22-11-8-16(12-20(22)25)14-30-31-23(34)15-33(37(35,36)18-6-4-3-5-7-18)17-9-10-21(26)19(13-17)24(27,28)29/h3-14H,15H2,1-2H3,(H,31,34)/b30-14-. The first-order valence-corrected chi connectivity index (χ1v) is 13.1. The highest BCUT2D eigenvalue weighted by atomic mass is 79.9. The summed E-state index contributed by atoms with van der Waals surface area (Å²) in [6, 6.07) is 15.0. The van der Waals surface area contributed by atoms with Gasteiger partial charge in [-0.25, -0.2) is 13.8 Å². The molecule has 0 unspecified atom stereocenters. The van der Waals surface area contributed by atoms with Crippen molar-refractivity contribution in [2.24, 2.45) is 5.10 Å². The van der Waals surface area contributed by atoms with Crippen LogP contribution in [-0.2, 0) is 21.0 Å². The van der Waals surface area contributed by atoms with Crippen LogP contribution in [0.2, 0.25) is 5.02 Å². The summed E-state index contributed by atoms with van der Waals surface area (Å²) in [5, 5.41) is 3.25. The Morgan fingerprint density at radius 2 is 1.76 bits per heavy atom. The van der Waals surface area contributed by atoms with Gasteiger partial charge >= 0.3 is 6.18 Å². The molecule has 0 atom stereocenters. The van der Waals surface area contributed by atoms with Gasteiger partial charge in [0.05, 0.1) is 33.1 Å². The molecule has 0 aliphatic carbocycles. The molecule has 37 heavy (non-hydrogen) atoms. The lowest BCUT2D eigenvalue weighted by molar-refractivity contribution is -0.137. The van der Waals surface area contributed by atoms with E-state index in [0.717, 1.165) is 22.3 Å². The first kappa shape index (κ1) is 28.5. The van der Waals surface area contributed by atoms with Crippen LogP contribution in [0.3, 0.4) is 0 Å². The molecule has 0 bridgehead atoms. The number of carbonyl (C=O) groups is 1. The number of anilines is 2. The molecule has 0 fully saturated rings. The van der Waals surface area contributed by atoms with Gasteiger partial charge in [-0.2, -0.15) is 18.3 Å². The number of carbonyl (C=O) groups excluding carboxylic acids is 1. The number of halogens is 5. The number of sulfonamides is 1. The topological polar surface area (TPSA) is 82.1 Å². The minimum atomic E-state index is -4.84. The van der Waals surface area contributed by atoms with E-state index in [1.165, 1.54) is 30.5 Å². The van der Waals surface area contributed by atoms with Crippen molar-refractivity contribution in [3.05, 3.63) is 87.4 Å². The molecular weight excluding hydrogens is 597 g/mol. The number of hydrogen-bond acceptors (Lipinski definition) is 5. The van der Waals surface area contributed by atoms with Crippen molar-refractivity contribution < 1.29 is 26.4 Å². The third-order valence-corrected chi connectivity index (χ3v) is 7.77. The number of nitrogens with zero attached hydrogens (tertiary/aromatic N) is 3. The van der Waals surface area contributed by atoms with Gasteiger partial charge < -0.3 is 4.90 Å². The number of amides is 1. The maximum absolute atomic E-state index is 13.4. The fourth-order valence-electron chi connectivity index (χ4n) is 3.23. The predicted molar refractivity (Wildman–Crippen MR) is 142 cm³/mol. The zero-order valence-electron chi connectivity index (χ0n) is 19.5. The highest BCUT2D eigenvalue weighted by molar-refractivity contribution is 9.10. The second-order valence-electron chi connectivity index (χ2n) is 7.89. The van der Waals surface area contributed by atoms with E-state index in [2.05, 4.69) is 26.5 Å². The molecule has 1 N–H and O–H groups in total. The highest BCUT2D eigenvalue weighted by Gasteiger charge is 2.35. The van der Waals surface area contributed by atoms with Gasteiger partial charge in [-0.1, -0.05) is 35.9 Å². The second kappa shape index (κ2) is 11.5. The minimum absolute atomic E-state index is 0.208. The number of rotatable bonds is 8. The molecule has 0 aromatic heterocycles. The van der Waals surface area contributed by atoms with Gasteiger partial charge in [0.15, 0.2) is 0 Å². The van der Waals surface area contributed by atoms with E-state index >= 15 is 0 Å². The van der Waals surface area contributed by atoms with Crippen LogP contribution >= 0.6 is 27.5 Å². The molecule has 0 aliphatic rings.